The minimum Gasteiger partial charge on any atom is -0.358 e. The van der Waals surface area contributed by atoms with Crippen molar-refractivity contribution in [1.29, 1.82) is 0 Å². The van der Waals surface area contributed by atoms with Crippen LogP contribution >= 0.6 is 11.5 Å². The summed E-state index contributed by atoms with van der Waals surface area (Å²) in [7, 11) is 0. The van der Waals surface area contributed by atoms with Crippen LogP contribution in [0.4, 0.5) is 5.13 Å². The standard InChI is InChI=1S/C10H17N3S/c1-2-9-12-10(14-13-9)11-8-6-4-3-5-7-8/h8H,2-7H2,1H3,(H,11,12,13). The summed E-state index contributed by atoms with van der Waals surface area (Å²) in [5, 5.41) is 4.49. The number of hydrogen-bond acceptors (Lipinski definition) is 4. The molecule has 1 fully saturated rings. The lowest BCUT2D eigenvalue weighted by atomic mass is 9.96. The minimum absolute atomic E-state index is 0.640. The first-order valence-corrected chi connectivity index (χ1v) is 6.25. The highest BCUT2D eigenvalue weighted by molar-refractivity contribution is 7.09. The summed E-state index contributed by atoms with van der Waals surface area (Å²) < 4.78 is 4.27. The van der Waals surface area contributed by atoms with Crippen molar-refractivity contribution >= 4 is 16.7 Å². The molecule has 0 aliphatic heterocycles. The van der Waals surface area contributed by atoms with Crippen molar-refractivity contribution in [1.82, 2.24) is 9.36 Å². The van der Waals surface area contributed by atoms with Crippen LogP contribution in [0.5, 0.6) is 0 Å². The number of nitrogens with zero attached hydrogens (tertiary/aromatic N) is 2. The fraction of sp³-hybridized carbons (Fsp3) is 0.800. The minimum atomic E-state index is 0.640. The van der Waals surface area contributed by atoms with E-state index in [4.69, 9.17) is 0 Å². The Morgan fingerprint density at radius 1 is 1.36 bits per heavy atom. The highest BCUT2D eigenvalue weighted by atomic mass is 32.1. The first-order chi connectivity index (χ1) is 6.88. The molecule has 4 heteroatoms. The lowest BCUT2D eigenvalue weighted by Crippen LogP contribution is -2.22. The van der Waals surface area contributed by atoms with Crippen molar-refractivity contribution in [2.45, 2.75) is 51.5 Å². The summed E-state index contributed by atoms with van der Waals surface area (Å²) in [4.78, 5) is 4.42. The van der Waals surface area contributed by atoms with E-state index in [9.17, 15) is 0 Å². The Morgan fingerprint density at radius 3 is 2.79 bits per heavy atom. The lowest BCUT2D eigenvalue weighted by molar-refractivity contribution is 0.462. The molecule has 0 bridgehead atoms. The van der Waals surface area contributed by atoms with Crippen LogP contribution in [0.25, 0.3) is 0 Å². The monoisotopic (exact) mass is 211 g/mol. The fourth-order valence-corrected chi connectivity index (χ4v) is 2.61. The highest BCUT2D eigenvalue weighted by Crippen LogP contribution is 2.22. The zero-order valence-electron chi connectivity index (χ0n) is 8.62. The van der Waals surface area contributed by atoms with E-state index in [2.05, 4.69) is 21.6 Å². The molecule has 0 aromatic carbocycles. The SMILES string of the molecule is CCc1nsc(NC2CCCCC2)n1. The van der Waals surface area contributed by atoms with Gasteiger partial charge in [0.25, 0.3) is 0 Å². The fourth-order valence-electron chi connectivity index (χ4n) is 1.88. The second kappa shape index (κ2) is 4.73. The van der Waals surface area contributed by atoms with Crippen LogP contribution in [0.1, 0.15) is 44.9 Å². The van der Waals surface area contributed by atoms with Crippen molar-refractivity contribution in [3.8, 4) is 0 Å². The van der Waals surface area contributed by atoms with Crippen LogP contribution in [-0.4, -0.2) is 15.4 Å². The van der Waals surface area contributed by atoms with E-state index in [1.54, 1.807) is 0 Å². The topological polar surface area (TPSA) is 37.8 Å². The summed E-state index contributed by atoms with van der Waals surface area (Å²) in [5.74, 6) is 0.966. The molecule has 0 atom stereocenters. The molecule has 1 aromatic rings. The van der Waals surface area contributed by atoms with Gasteiger partial charge in [-0.15, -0.1) is 0 Å². The summed E-state index contributed by atoms with van der Waals surface area (Å²) in [6.45, 7) is 2.09. The van der Waals surface area contributed by atoms with Crippen molar-refractivity contribution < 1.29 is 0 Å². The van der Waals surface area contributed by atoms with Gasteiger partial charge in [-0.3, -0.25) is 0 Å². The Kier molecular flexibility index (Phi) is 3.35. The molecule has 78 valence electrons. The average molecular weight is 211 g/mol. The molecule has 0 radical (unpaired) electrons. The zero-order chi connectivity index (χ0) is 9.80. The van der Waals surface area contributed by atoms with Crippen LogP contribution < -0.4 is 5.32 Å². The predicted molar refractivity (Wildman–Crippen MR) is 59.8 cm³/mol. The maximum absolute atomic E-state index is 4.42. The predicted octanol–water partition coefficient (Wildman–Crippen LogP) is 2.85. The normalized spacial score (nSPS) is 18.4. The molecule has 1 saturated carbocycles. The van der Waals surface area contributed by atoms with Crippen LogP contribution in [0.2, 0.25) is 0 Å². The van der Waals surface area contributed by atoms with Crippen LogP contribution in [0, 0.1) is 0 Å². The van der Waals surface area contributed by atoms with Crippen LogP contribution in [-0.2, 0) is 6.42 Å². The smallest absolute Gasteiger partial charge is 0.202 e. The number of hydrogen-bond donors (Lipinski definition) is 1. The van der Waals surface area contributed by atoms with Gasteiger partial charge in [-0.1, -0.05) is 26.2 Å². The average Bonchev–Trinajstić information content (AvgIpc) is 2.67. The van der Waals surface area contributed by atoms with Gasteiger partial charge in [0.2, 0.25) is 5.13 Å². The van der Waals surface area contributed by atoms with E-state index in [1.165, 1.54) is 43.6 Å². The summed E-state index contributed by atoms with van der Waals surface area (Å²) in [6, 6.07) is 0.640. The summed E-state index contributed by atoms with van der Waals surface area (Å²) in [5.41, 5.74) is 0. The van der Waals surface area contributed by atoms with Gasteiger partial charge in [-0.2, -0.15) is 4.37 Å². The number of nitrogens with one attached hydrogen (secondary N) is 1. The first-order valence-electron chi connectivity index (χ1n) is 5.47. The maximum Gasteiger partial charge on any atom is 0.202 e. The molecule has 2 rings (SSSR count). The van der Waals surface area contributed by atoms with Gasteiger partial charge in [0, 0.05) is 24.0 Å². The first kappa shape index (κ1) is 9.90. The van der Waals surface area contributed by atoms with E-state index in [1.807, 2.05) is 0 Å². The molecule has 1 N–H and O–H groups in total. The van der Waals surface area contributed by atoms with Gasteiger partial charge in [0.1, 0.15) is 5.82 Å². The van der Waals surface area contributed by atoms with E-state index < -0.39 is 0 Å². The summed E-state index contributed by atoms with van der Waals surface area (Å²) >= 11 is 1.50. The third kappa shape index (κ3) is 2.44. The largest absolute Gasteiger partial charge is 0.358 e. The second-order valence-electron chi connectivity index (χ2n) is 3.85. The van der Waals surface area contributed by atoms with E-state index in [0.29, 0.717) is 6.04 Å². The van der Waals surface area contributed by atoms with Crippen LogP contribution in [0.15, 0.2) is 0 Å². The third-order valence-electron chi connectivity index (χ3n) is 2.72. The molecule has 1 heterocycles. The molecule has 14 heavy (non-hydrogen) atoms. The number of anilines is 1. The van der Waals surface area contributed by atoms with Crippen molar-refractivity contribution in [2.24, 2.45) is 0 Å². The molecule has 0 unspecified atom stereocenters. The number of aryl methyl sites for hydroxylation is 1. The number of rotatable bonds is 3. The molecule has 1 aromatic heterocycles. The Morgan fingerprint density at radius 2 is 2.14 bits per heavy atom. The summed E-state index contributed by atoms with van der Waals surface area (Å²) in [6.07, 6.45) is 7.63. The Bertz CT molecular complexity index is 279. The Hall–Kier alpha value is -0.640. The molecule has 0 spiro atoms. The molecule has 1 aliphatic carbocycles. The maximum atomic E-state index is 4.42. The van der Waals surface area contributed by atoms with E-state index in [-0.39, 0.29) is 0 Å². The van der Waals surface area contributed by atoms with E-state index in [0.717, 1.165) is 17.4 Å². The van der Waals surface area contributed by atoms with Crippen LogP contribution in [0.3, 0.4) is 0 Å². The molecular weight excluding hydrogens is 194 g/mol. The van der Waals surface area contributed by atoms with E-state index >= 15 is 0 Å². The molecule has 1 aliphatic rings. The van der Waals surface area contributed by atoms with Crippen molar-refractivity contribution in [3.05, 3.63) is 5.82 Å². The van der Waals surface area contributed by atoms with Gasteiger partial charge >= 0.3 is 0 Å². The second-order valence-corrected chi connectivity index (χ2v) is 4.60. The van der Waals surface area contributed by atoms with Gasteiger partial charge in [-0.05, 0) is 12.8 Å². The highest BCUT2D eigenvalue weighted by Gasteiger charge is 2.14. The van der Waals surface area contributed by atoms with Gasteiger partial charge < -0.3 is 5.32 Å². The Labute approximate surface area is 89.1 Å². The molecule has 0 amide bonds. The zero-order valence-corrected chi connectivity index (χ0v) is 9.44. The lowest BCUT2D eigenvalue weighted by Gasteiger charge is -2.21. The van der Waals surface area contributed by atoms with Gasteiger partial charge in [0.05, 0.1) is 0 Å². The van der Waals surface area contributed by atoms with Gasteiger partial charge in [-0.25, -0.2) is 4.98 Å². The molecular formula is C10H17N3S. The quantitative estimate of drug-likeness (QED) is 0.835. The van der Waals surface area contributed by atoms with Crippen molar-refractivity contribution in [2.75, 3.05) is 5.32 Å². The van der Waals surface area contributed by atoms with Gasteiger partial charge in [0.15, 0.2) is 0 Å². The third-order valence-corrected chi connectivity index (χ3v) is 3.40. The molecule has 3 nitrogen and oxygen atoms in total. The Balaban J connectivity index is 1.89. The molecule has 0 saturated heterocycles. The number of aromatic nitrogens is 2. The van der Waals surface area contributed by atoms with Crippen molar-refractivity contribution in [3.63, 3.8) is 0 Å².